The molecule has 5 heteroatoms. The molecule has 0 aromatic carbocycles. The van der Waals surface area contributed by atoms with E-state index in [-0.39, 0.29) is 12.5 Å². The predicted octanol–water partition coefficient (Wildman–Crippen LogP) is 3.59. The highest BCUT2D eigenvalue weighted by Gasteiger charge is 2.26. The van der Waals surface area contributed by atoms with Gasteiger partial charge < -0.3 is 15.2 Å². The molecule has 0 rings (SSSR count). The number of carbonyl (C=O) groups excluding carboxylic acids is 2. The highest BCUT2D eigenvalue weighted by molar-refractivity contribution is 5.81. The maximum Gasteiger partial charge on any atom is 0.225 e. The van der Waals surface area contributed by atoms with Crippen molar-refractivity contribution in [2.45, 2.75) is 74.1 Å². The molecule has 0 spiro atoms. The Morgan fingerprint density at radius 3 is 2.12 bits per heavy atom. The van der Waals surface area contributed by atoms with Crippen LogP contribution < -0.4 is 5.32 Å². The summed E-state index contributed by atoms with van der Waals surface area (Å²) in [6.07, 6.45) is 3.00. The SMILES string of the molecule is CC.CCC(=O)CCC(C)C.COCCNC(=O)C(C)(C)CCO. The van der Waals surface area contributed by atoms with E-state index in [4.69, 9.17) is 9.84 Å². The first-order valence-corrected chi connectivity index (χ1v) is 9.11. The van der Waals surface area contributed by atoms with E-state index in [9.17, 15) is 9.59 Å². The van der Waals surface area contributed by atoms with Gasteiger partial charge in [-0.1, -0.05) is 48.5 Å². The second-order valence-electron chi connectivity index (χ2n) is 6.43. The molecule has 0 aliphatic carbocycles. The normalized spacial score (nSPS) is 10.2. The molecule has 0 aliphatic rings. The minimum atomic E-state index is -0.498. The number of aliphatic hydroxyl groups excluding tert-OH is 1. The third kappa shape index (κ3) is 19.1. The van der Waals surface area contributed by atoms with E-state index in [0.717, 1.165) is 12.8 Å². The monoisotopic (exact) mass is 347 g/mol. The van der Waals surface area contributed by atoms with Crippen molar-refractivity contribution in [3.8, 4) is 0 Å². The van der Waals surface area contributed by atoms with Crippen LogP contribution in [0.1, 0.15) is 74.1 Å². The van der Waals surface area contributed by atoms with Gasteiger partial charge in [0.2, 0.25) is 5.91 Å². The van der Waals surface area contributed by atoms with Crippen LogP contribution in [0.15, 0.2) is 0 Å². The average Bonchev–Trinajstić information content (AvgIpc) is 2.55. The Kier molecular flexibility index (Phi) is 21.4. The Morgan fingerprint density at radius 1 is 1.21 bits per heavy atom. The van der Waals surface area contributed by atoms with Crippen LogP contribution in [0.5, 0.6) is 0 Å². The highest BCUT2D eigenvalue weighted by atomic mass is 16.5. The van der Waals surface area contributed by atoms with Crippen molar-refractivity contribution >= 4 is 11.7 Å². The molecule has 5 nitrogen and oxygen atoms in total. The van der Waals surface area contributed by atoms with Gasteiger partial charge >= 0.3 is 0 Å². The largest absolute Gasteiger partial charge is 0.396 e. The zero-order chi connectivity index (χ0) is 19.6. The minimum absolute atomic E-state index is 0.0324. The van der Waals surface area contributed by atoms with E-state index in [1.54, 1.807) is 7.11 Å². The third-order valence-electron chi connectivity index (χ3n) is 3.34. The van der Waals surface area contributed by atoms with Gasteiger partial charge in [-0.2, -0.15) is 0 Å². The van der Waals surface area contributed by atoms with Gasteiger partial charge in [0, 0.05) is 38.5 Å². The number of methoxy groups -OCH3 is 1. The fourth-order valence-electron chi connectivity index (χ4n) is 1.53. The average molecular weight is 348 g/mol. The van der Waals surface area contributed by atoms with E-state index in [0.29, 0.717) is 37.7 Å². The van der Waals surface area contributed by atoms with Crippen molar-refractivity contribution in [3.05, 3.63) is 0 Å². The van der Waals surface area contributed by atoms with Crippen LogP contribution in [-0.2, 0) is 14.3 Å². The van der Waals surface area contributed by atoms with E-state index in [1.807, 2.05) is 34.6 Å². The van der Waals surface area contributed by atoms with E-state index in [2.05, 4.69) is 19.2 Å². The molecule has 0 radical (unpaired) electrons. The van der Waals surface area contributed by atoms with Crippen molar-refractivity contribution in [3.63, 3.8) is 0 Å². The van der Waals surface area contributed by atoms with Gasteiger partial charge in [0.1, 0.15) is 5.78 Å². The molecule has 0 unspecified atom stereocenters. The molecule has 0 bridgehead atoms. The van der Waals surface area contributed by atoms with Gasteiger partial charge in [-0.3, -0.25) is 9.59 Å². The van der Waals surface area contributed by atoms with Crippen LogP contribution in [0.3, 0.4) is 0 Å². The van der Waals surface area contributed by atoms with Crippen molar-refractivity contribution < 1.29 is 19.4 Å². The summed E-state index contributed by atoms with van der Waals surface area (Å²) in [6, 6.07) is 0. The number of ketones is 1. The summed E-state index contributed by atoms with van der Waals surface area (Å²) < 4.78 is 4.80. The number of Topliss-reactive ketones (excluding diaryl/α,β-unsaturated/α-hetero) is 1. The second-order valence-corrected chi connectivity index (χ2v) is 6.43. The second kappa shape index (κ2) is 18.4. The highest BCUT2D eigenvalue weighted by Crippen LogP contribution is 2.19. The smallest absolute Gasteiger partial charge is 0.225 e. The topological polar surface area (TPSA) is 75.6 Å². The van der Waals surface area contributed by atoms with E-state index < -0.39 is 5.41 Å². The lowest BCUT2D eigenvalue weighted by Gasteiger charge is -2.22. The van der Waals surface area contributed by atoms with Crippen LogP contribution in [-0.4, -0.2) is 43.7 Å². The van der Waals surface area contributed by atoms with Crippen molar-refractivity contribution in [2.24, 2.45) is 11.3 Å². The fraction of sp³-hybridized carbons (Fsp3) is 0.895. The lowest BCUT2D eigenvalue weighted by atomic mass is 9.89. The lowest BCUT2D eigenvalue weighted by Crippen LogP contribution is -2.39. The van der Waals surface area contributed by atoms with Gasteiger partial charge in [-0.15, -0.1) is 0 Å². The summed E-state index contributed by atoms with van der Waals surface area (Å²) in [5.74, 6) is 1.02. The standard InChI is InChI=1S/C9H19NO3.C8H16O.C2H6/c1-9(2,4-6-11)8(12)10-5-7-13-3;1-4-8(9)6-5-7(2)3;1-2/h11H,4-7H2,1-3H3,(H,10,12);7H,4-6H2,1-3H3;1-2H3. The summed E-state index contributed by atoms with van der Waals surface area (Å²) in [5.41, 5.74) is -0.498. The van der Waals surface area contributed by atoms with Gasteiger partial charge in [-0.25, -0.2) is 0 Å². The molecule has 0 saturated heterocycles. The van der Waals surface area contributed by atoms with Crippen molar-refractivity contribution in [2.75, 3.05) is 26.9 Å². The number of carbonyl (C=O) groups is 2. The summed E-state index contributed by atoms with van der Waals surface area (Å²) in [5, 5.41) is 11.5. The Bertz CT molecular complexity index is 302. The number of aliphatic hydroxyl groups is 1. The molecule has 0 aliphatic heterocycles. The van der Waals surface area contributed by atoms with Crippen molar-refractivity contribution in [1.82, 2.24) is 5.32 Å². The number of amides is 1. The first kappa shape index (κ1) is 27.9. The quantitative estimate of drug-likeness (QED) is 0.592. The molecule has 146 valence electrons. The summed E-state index contributed by atoms with van der Waals surface area (Å²) in [7, 11) is 1.59. The van der Waals surface area contributed by atoms with Crippen LogP contribution in [0, 0.1) is 11.3 Å². The molecule has 0 saturated carbocycles. The lowest BCUT2D eigenvalue weighted by molar-refractivity contribution is -0.130. The first-order chi connectivity index (χ1) is 11.2. The fourth-order valence-corrected chi connectivity index (χ4v) is 1.53. The molecule has 0 atom stereocenters. The summed E-state index contributed by atoms with van der Waals surface area (Å²) in [4.78, 5) is 22.2. The predicted molar refractivity (Wildman–Crippen MR) is 101 cm³/mol. The van der Waals surface area contributed by atoms with Gasteiger partial charge in [0.25, 0.3) is 0 Å². The van der Waals surface area contributed by atoms with Gasteiger partial charge in [-0.05, 0) is 18.8 Å². The number of nitrogens with one attached hydrogen (secondary N) is 1. The maximum absolute atomic E-state index is 11.5. The van der Waals surface area contributed by atoms with Crippen LogP contribution in [0.25, 0.3) is 0 Å². The molecular weight excluding hydrogens is 306 g/mol. The van der Waals surface area contributed by atoms with Gasteiger partial charge in [0.05, 0.1) is 6.61 Å². The number of ether oxygens (including phenoxy) is 1. The number of hydrogen-bond donors (Lipinski definition) is 2. The molecule has 0 heterocycles. The molecule has 0 aromatic rings. The Hall–Kier alpha value is -0.940. The van der Waals surface area contributed by atoms with Crippen molar-refractivity contribution in [1.29, 1.82) is 0 Å². The Labute approximate surface area is 149 Å². The van der Waals surface area contributed by atoms with Crippen LogP contribution >= 0.6 is 0 Å². The molecule has 24 heavy (non-hydrogen) atoms. The Morgan fingerprint density at radius 2 is 1.75 bits per heavy atom. The third-order valence-corrected chi connectivity index (χ3v) is 3.34. The van der Waals surface area contributed by atoms with Gasteiger partial charge in [0.15, 0.2) is 0 Å². The van der Waals surface area contributed by atoms with E-state index in [1.165, 1.54) is 0 Å². The molecule has 2 N–H and O–H groups in total. The molecular formula is C19H41NO4. The Balaban J connectivity index is -0.000000351. The maximum atomic E-state index is 11.5. The number of rotatable bonds is 10. The number of hydrogen-bond acceptors (Lipinski definition) is 4. The molecule has 0 fully saturated rings. The molecule has 0 aromatic heterocycles. The minimum Gasteiger partial charge on any atom is -0.396 e. The zero-order valence-corrected chi connectivity index (χ0v) is 17.2. The summed E-state index contributed by atoms with van der Waals surface area (Å²) in [6.45, 7) is 14.9. The van der Waals surface area contributed by atoms with E-state index >= 15 is 0 Å². The van der Waals surface area contributed by atoms with Crippen LogP contribution in [0.2, 0.25) is 0 Å². The zero-order valence-electron chi connectivity index (χ0n) is 17.2. The summed E-state index contributed by atoms with van der Waals surface area (Å²) >= 11 is 0. The van der Waals surface area contributed by atoms with Crippen LogP contribution in [0.4, 0.5) is 0 Å². The first-order valence-electron chi connectivity index (χ1n) is 9.11. The molecule has 1 amide bonds.